The van der Waals surface area contributed by atoms with Gasteiger partial charge in [-0.05, 0) is 12.1 Å². The third-order valence-electron chi connectivity index (χ3n) is 1.90. The second-order valence-corrected chi connectivity index (χ2v) is 2.81. The summed E-state index contributed by atoms with van der Waals surface area (Å²) in [6.07, 6.45) is 2.75. The lowest BCUT2D eigenvalue weighted by atomic mass is 10.1. The number of benzene rings is 1. The number of hydrogen-bond acceptors (Lipinski definition) is 3. The van der Waals surface area contributed by atoms with E-state index in [-0.39, 0.29) is 5.82 Å². The second kappa shape index (κ2) is 5.14. The highest BCUT2D eigenvalue weighted by Gasteiger charge is 2.03. The lowest BCUT2D eigenvalue weighted by Crippen LogP contribution is -1.97. The number of methoxy groups -OCH3 is 1. The van der Waals surface area contributed by atoms with Gasteiger partial charge in [0.05, 0.1) is 12.8 Å². The molecule has 0 atom stereocenters. The Morgan fingerprint density at radius 1 is 1.53 bits per heavy atom. The molecule has 3 nitrogen and oxygen atoms in total. The molecule has 80 valence electrons. The van der Waals surface area contributed by atoms with Crippen LogP contribution in [0, 0.1) is 5.82 Å². The lowest BCUT2D eigenvalue weighted by Gasteiger charge is -2.05. The van der Waals surface area contributed by atoms with E-state index in [9.17, 15) is 9.18 Å². The van der Waals surface area contributed by atoms with Crippen molar-refractivity contribution in [1.82, 2.24) is 0 Å². The van der Waals surface area contributed by atoms with Gasteiger partial charge in [-0.2, -0.15) is 0 Å². The van der Waals surface area contributed by atoms with E-state index in [1.54, 1.807) is 19.2 Å². The number of carbonyl (C=O) groups is 1. The summed E-state index contributed by atoms with van der Waals surface area (Å²) in [6, 6.07) is 4.63. The molecule has 0 heterocycles. The van der Waals surface area contributed by atoms with Crippen molar-refractivity contribution in [1.29, 1.82) is 0 Å². The van der Waals surface area contributed by atoms with E-state index in [0.29, 0.717) is 11.3 Å². The molecule has 15 heavy (non-hydrogen) atoms. The number of carbonyl (C=O) groups excluding carboxylic acids is 1. The smallest absolute Gasteiger partial charge is 0.330 e. The average Bonchev–Trinajstić information content (AvgIpc) is 2.25. The van der Waals surface area contributed by atoms with Gasteiger partial charge in [0.1, 0.15) is 5.82 Å². The van der Waals surface area contributed by atoms with Crippen molar-refractivity contribution in [3.63, 3.8) is 0 Å². The van der Waals surface area contributed by atoms with Crippen LogP contribution >= 0.6 is 0 Å². The second-order valence-electron chi connectivity index (χ2n) is 2.81. The number of ether oxygens (including phenoxy) is 1. The topological polar surface area (TPSA) is 38.3 Å². The van der Waals surface area contributed by atoms with Crippen LogP contribution in [0.1, 0.15) is 5.56 Å². The lowest BCUT2D eigenvalue weighted by molar-refractivity contribution is -0.134. The van der Waals surface area contributed by atoms with Crippen LogP contribution in [0.4, 0.5) is 10.1 Å². The first-order valence-corrected chi connectivity index (χ1v) is 4.41. The summed E-state index contributed by atoms with van der Waals surface area (Å²) in [5, 5.41) is 2.73. The molecule has 0 radical (unpaired) electrons. The van der Waals surface area contributed by atoms with Crippen LogP contribution in [0.25, 0.3) is 6.08 Å². The standard InChI is InChI=1S/C11H12FNO2/c1-13-11-8(4-3-5-9(11)12)6-7-10(14)15-2/h3-7,13H,1-2H3/b7-6+. The third kappa shape index (κ3) is 2.80. The summed E-state index contributed by atoms with van der Waals surface area (Å²) in [6.45, 7) is 0. The van der Waals surface area contributed by atoms with Gasteiger partial charge in [-0.15, -0.1) is 0 Å². The van der Waals surface area contributed by atoms with Gasteiger partial charge in [0.25, 0.3) is 0 Å². The van der Waals surface area contributed by atoms with Crippen molar-refractivity contribution in [2.24, 2.45) is 0 Å². The zero-order valence-electron chi connectivity index (χ0n) is 8.58. The molecule has 0 unspecified atom stereocenters. The molecule has 1 N–H and O–H groups in total. The molecule has 0 saturated carbocycles. The van der Waals surface area contributed by atoms with E-state index in [2.05, 4.69) is 10.1 Å². The Bertz CT molecular complexity index is 388. The van der Waals surface area contributed by atoms with E-state index < -0.39 is 5.97 Å². The van der Waals surface area contributed by atoms with Crippen LogP contribution in [0.15, 0.2) is 24.3 Å². The van der Waals surface area contributed by atoms with Gasteiger partial charge in [0, 0.05) is 18.7 Å². The van der Waals surface area contributed by atoms with Gasteiger partial charge in [0.2, 0.25) is 0 Å². The van der Waals surface area contributed by atoms with Crippen LogP contribution < -0.4 is 5.32 Å². The molecule has 1 rings (SSSR count). The molecule has 0 amide bonds. The Morgan fingerprint density at radius 3 is 2.87 bits per heavy atom. The van der Waals surface area contributed by atoms with Crippen molar-refractivity contribution in [2.45, 2.75) is 0 Å². The summed E-state index contributed by atoms with van der Waals surface area (Å²) in [5.41, 5.74) is 0.959. The summed E-state index contributed by atoms with van der Waals surface area (Å²) < 4.78 is 17.7. The van der Waals surface area contributed by atoms with Crippen molar-refractivity contribution in [2.75, 3.05) is 19.5 Å². The zero-order chi connectivity index (χ0) is 11.3. The maximum atomic E-state index is 13.2. The summed E-state index contributed by atoms with van der Waals surface area (Å²) in [5.74, 6) is -0.828. The van der Waals surface area contributed by atoms with Gasteiger partial charge in [-0.25, -0.2) is 9.18 Å². The van der Waals surface area contributed by atoms with Crippen molar-refractivity contribution in [3.05, 3.63) is 35.7 Å². The Morgan fingerprint density at radius 2 is 2.27 bits per heavy atom. The van der Waals surface area contributed by atoms with E-state index >= 15 is 0 Å². The molecule has 0 fully saturated rings. The molecule has 1 aromatic rings. The minimum absolute atomic E-state index is 0.357. The SMILES string of the molecule is CNc1c(F)cccc1/C=C/C(=O)OC. The maximum Gasteiger partial charge on any atom is 0.330 e. The summed E-state index contributed by atoms with van der Waals surface area (Å²) >= 11 is 0. The fraction of sp³-hybridized carbons (Fsp3) is 0.182. The minimum Gasteiger partial charge on any atom is -0.466 e. The highest BCUT2D eigenvalue weighted by atomic mass is 19.1. The maximum absolute atomic E-state index is 13.2. The first-order chi connectivity index (χ1) is 7.19. The number of nitrogens with one attached hydrogen (secondary N) is 1. The van der Waals surface area contributed by atoms with Crippen molar-refractivity contribution >= 4 is 17.7 Å². The molecule has 0 aromatic heterocycles. The fourth-order valence-electron chi connectivity index (χ4n) is 1.17. The molecule has 0 aliphatic heterocycles. The number of esters is 1. The number of rotatable bonds is 3. The molecule has 0 spiro atoms. The summed E-state index contributed by atoms with van der Waals surface area (Å²) in [7, 11) is 2.91. The highest BCUT2D eigenvalue weighted by Crippen LogP contribution is 2.20. The van der Waals surface area contributed by atoms with Gasteiger partial charge in [0.15, 0.2) is 0 Å². The minimum atomic E-state index is -0.471. The number of hydrogen-bond donors (Lipinski definition) is 1. The zero-order valence-corrected chi connectivity index (χ0v) is 8.58. The van der Waals surface area contributed by atoms with Crippen molar-refractivity contribution in [3.8, 4) is 0 Å². The van der Waals surface area contributed by atoms with Gasteiger partial charge in [-0.1, -0.05) is 12.1 Å². The molecular weight excluding hydrogens is 197 g/mol. The number of anilines is 1. The Balaban J connectivity index is 2.99. The average molecular weight is 209 g/mol. The Kier molecular flexibility index (Phi) is 3.85. The number of para-hydroxylation sites is 1. The summed E-state index contributed by atoms with van der Waals surface area (Å²) in [4.78, 5) is 10.8. The van der Waals surface area contributed by atoms with Crippen LogP contribution in [0.2, 0.25) is 0 Å². The first-order valence-electron chi connectivity index (χ1n) is 4.41. The van der Waals surface area contributed by atoms with Crippen LogP contribution in [0.5, 0.6) is 0 Å². The van der Waals surface area contributed by atoms with Crippen LogP contribution in [0.3, 0.4) is 0 Å². The molecule has 4 heteroatoms. The monoisotopic (exact) mass is 209 g/mol. The molecule has 0 saturated heterocycles. The Labute approximate surface area is 87.6 Å². The van der Waals surface area contributed by atoms with E-state index in [1.165, 1.54) is 25.3 Å². The van der Waals surface area contributed by atoms with Gasteiger partial charge < -0.3 is 10.1 Å². The highest BCUT2D eigenvalue weighted by molar-refractivity contribution is 5.88. The predicted molar refractivity (Wildman–Crippen MR) is 57.0 cm³/mol. The number of halogens is 1. The molecule has 0 aliphatic rings. The third-order valence-corrected chi connectivity index (χ3v) is 1.90. The predicted octanol–water partition coefficient (Wildman–Crippen LogP) is 2.05. The first kappa shape index (κ1) is 11.2. The molecular formula is C11H12FNO2. The molecule has 1 aromatic carbocycles. The van der Waals surface area contributed by atoms with E-state index in [4.69, 9.17) is 0 Å². The molecule has 0 bridgehead atoms. The largest absolute Gasteiger partial charge is 0.466 e. The van der Waals surface area contributed by atoms with Crippen LogP contribution in [-0.2, 0) is 9.53 Å². The van der Waals surface area contributed by atoms with E-state index in [1.807, 2.05) is 0 Å². The van der Waals surface area contributed by atoms with Crippen molar-refractivity contribution < 1.29 is 13.9 Å². The van der Waals surface area contributed by atoms with Crippen LogP contribution in [-0.4, -0.2) is 20.1 Å². The van der Waals surface area contributed by atoms with E-state index in [0.717, 1.165) is 0 Å². The fourth-order valence-corrected chi connectivity index (χ4v) is 1.17. The van der Waals surface area contributed by atoms with Gasteiger partial charge >= 0.3 is 5.97 Å². The Hall–Kier alpha value is -1.84. The molecule has 0 aliphatic carbocycles. The quantitative estimate of drug-likeness (QED) is 0.611. The normalized spacial score (nSPS) is 10.3. The van der Waals surface area contributed by atoms with Gasteiger partial charge in [-0.3, -0.25) is 0 Å².